The van der Waals surface area contributed by atoms with Crippen molar-refractivity contribution in [2.45, 2.75) is 26.2 Å². The van der Waals surface area contributed by atoms with E-state index >= 15 is 0 Å². The van der Waals surface area contributed by atoms with Crippen LogP contribution in [0.25, 0.3) is 11.1 Å². The normalized spacial score (nSPS) is 14.1. The fourth-order valence-electron chi connectivity index (χ4n) is 4.66. The molecule has 1 aliphatic rings. The number of aromatic nitrogens is 1. The second-order valence-corrected chi connectivity index (χ2v) is 9.06. The summed E-state index contributed by atoms with van der Waals surface area (Å²) < 4.78 is 5.87. The maximum Gasteiger partial charge on any atom is 0.298 e. The minimum absolute atomic E-state index is 0.0253. The average molecular weight is 483 g/mol. The van der Waals surface area contributed by atoms with Crippen molar-refractivity contribution in [2.24, 2.45) is 5.92 Å². The van der Waals surface area contributed by atoms with Crippen LogP contribution in [0, 0.1) is 5.92 Å². The second kappa shape index (κ2) is 10.6. The highest BCUT2D eigenvalue weighted by molar-refractivity contribution is 5.95. The minimum atomic E-state index is -0.0594. The van der Waals surface area contributed by atoms with Gasteiger partial charge in [0.25, 0.3) is 6.01 Å². The molecule has 0 atom stereocenters. The van der Waals surface area contributed by atoms with E-state index in [-0.39, 0.29) is 17.7 Å². The fourth-order valence-corrected chi connectivity index (χ4v) is 4.66. The number of carbonyl (C=O) groups excluding carboxylic acids is 2. The van der Waals surface area contributed by atoms with Crippen LogP contribution in [-0.2, 0) is 16.0 Å². The summed E-state index contributed by atoms with van der Waals surface area (Å²) in [6.07, 6.45) is 1.79. The van der Waals surface area contributed by atoms with Crippen LogP contribution in [-0.4, -0.2) is 36.4 Å². The molecule has 7 nitrogen and oxygen atoms in total. The predicted octanol–water partition coefficient (Wildman–Crippen LogP) is 5.28. The summed E-state index contributed by atoms with van der Waals surface area (Å²) in [5.41, 5.74) is 4.18. The first-order valence-corrected chi connectivity index (χ1v) is 12.5. The Balaban J connectivity index is 1.13. The van der Waals surface area contributed by atoms with Crippen molar-refractivity contribution in [3.63, 3.8) is 0 Å². The molecule has 7 heteroatoms. The molecule has 2 heterocycles. The molecular formula is C29H30N4O3. The maximum atomic E-state index is 12.9. The molecule has 0 radical (unpaired) electrons. The smallest absolute Gasteiger partial charge is 0.298 e. The third kappa shape index (κ3) is 5.25. The van der Waals surface area contributed by atoms with E-state index in [0.717, 1.165) is 54.0 Å². The standard InChI is InChI=1S/C29H30N4O3/c1-2-33(24-8-4-3-5-9-24)27(34)20-21-12-14-23(15-13-21)30-28(35)22-16-18-32(19-17-22)29-31-25-10-6-7-11-26(25)36-29/h3-15,22H,2,16-20H2,1H3,(H,30,35). The molecule has 0 aliphatic carbocycles. The lowest BCUT2D eigenvalue weighted by atomic mass is 9.96. The van der Waals surface area contributed by atoms with Gasteiger partial charge in [-0.3, -0.25) is 9.59 Å². The molecule has 1 fully saturated rings. The third-order valence-electron chi connectivity index (χ3n) is 6.68. The summed E-state index contributed by atoms with van der Waals surface area (Å²) in [7, 11) is 0. The summed E-state index contributed by atoms with van der Waals surface area (Å²) in [6, 6.07) is 25.6. The van der Waals surface area contributed by atoms with Gasteiger partial charge in [-0.05, 0) is 61.7 Å². The Bertz CT molecular complexity index is 1290. The van der Waals surface area contributed by atoms with E-state index in [9.17, 15) is 9.59 Å². The molecule has 0 bridgehead atoms. The van der Waals surface area contributed by atoms with Crippen LogP contribution in [0.4, 0.5) is 17.4 Å². The van der Waals surface area contributed by atoms with Crippen LogP contribution >= 0.6 is 0 Å². The van der Waals surface area contributed by atoms with E-state index in [0.29, 0.717) is 19.0 Å². The molecule has 1 N–H and O–H groups in total. The number of oxazole rings is 1. The van der Waals surface area contributed by atoms with Gasteiger partial charge in [0.2, 0.25) is 11.8 Å². The summed E-state index contributed by atoms with van der Waals surface area (Å²) in [4.78, 5) is 34.2. The Labute approximate surface area is 210 Å². The zero-order chi connectivity index (χ0) is 24.9. The molecular weight excluding hydrogens is 452 g/mol. The van der Waals surface area contributed by atoms with Crippen molar-refractivity contribution in [3.8, 4) is 0 Å². The Kier molecular flexibility index (Phi) is 6.98. The molecule has 1 aliphatic heterocycles. The number of amides is 2. The summed E-state index contributed by atoms with van der Waals surface area (Å²) in [5.74, 6) is 0.0133. The van der Waals surface area contributed by atoms with Gasteiger partial charge in [-0.1, -0.05) is 42.5 Å². The number of carbonyl (C=O) groups is 2. The minimum Gasteiger partial charge on any atom is -0.423 e. The molecule has 0 saturated carbocycles. The molecule has 184 valence electrons. The Hall–Kier alpha value is -4.13. The van der Waals surface area contributed by atoms with Crippen LogP contribution in [0.3, 0.4) is 0 Å². The molecule has 0 unspecified atom stereocenters. The number of likely N-dealkylation sites (N-methyl/N-ethyl adjacent to an activating group) is 1. The Morgan fingerprint density at radius 1 is 0.972 bits per heavy atom. The number of fused-ring (bicyclic) bond motifs is 1. The van der Waals surface area contributed by atoms with E-state index in [1.165, 1.54) is 0 Å². The van der Waals surface area contributed by atoms with Crippen molar-refractivity contribution in [1.29, 1.82) is 0 Å². The molecule has 36 heavy (non-hydrogen) atoms. The number of hydrogen-bond acceptors (Lipinski definition) is 5. The van der Waals surface area contributed by atoms with Gasteiger partial charge >= 0.3 is 0 Å². The van der Waals surface area contributed by atoms with E-state index in [1.807, 2.05) is 85.8 Å². The highest BCUT2D eigenvalue weighted by atomic mass is 16.4. The highest BCUT2D eigenvalue weighted by Crippen LogP contribution is 2.27. The number of nitrogens with one attached hydrogen (secondary N) is 1. The van der Waals surface area contributed by atoms with Crippen molar-refractivity contribution in [3.05, 3.63) is 84.4 Å². The summed E-state index contributed by atoms with van der Waals surface area (Å²) in [6.45, 7) is 4.03. The fraction of sp³-hybridized carbons (Fsp3) is 0.276. The van der Waals surface area contributed by atoms with Crippen molar-refractivity contribution >= 4 is 40.3 Å². The zero-order valence-electron chi connectivity index (χ0n) is 20.4. The number of anilines is 3. The second-order valence-electron chi connectivity index (χ2n) is 9.06. The molecule has 0 spiro atoms. The number of rotatable bonds is 7. The lowest BCUT2D eigenvalue weighted by Crippen LogP contribution is -2.38. The Morgan fingerprint density at radius 2 is 1.67 bits per heavy atom. The molecule has 1 aromatic heterocycles. The lowest BCUT2D eigenvalue weighted by molar-refractivity contribution is -0.120. The summed E-state index contributed by atoms with van der Waals surface area (Å²) >= 11 is 0. The van der Waals surface area contributed by atoms with Crippen LogP contribution < -0.4 is 15.1 Å². The number of piperidine rings is 1. The van der Waals surface area contributed by atoms with Crippen LogP contribution in [0.15, 0.2) is 83.3 Å². The molecule has 5 rings (SSSR count). The average Bonchev–Trinajstić information content (AvgIpc) is 3.35. The van der Waals surface area contributed by atoms with Gasteiger partial charge in [0.1, 0.15) is 5.52 Å². The van der Waals surface area contributed by atoms with E-state index in [2.05, 4.69) is 15.2 Å². The van der Waals surface area contributed by atoms with Crippen molar-refractivity contribution in [2.75, 3.05) is 34.8 Å². The Morgan fingerprint density at radius 3 is 2.36 bits per heavy atom. The van der Waals surface area contributed by atoms with Gasteiger partial charge in [0, 0.05) is 36.9 Å². The van der Waals surface area contributed by atoms with Crippen LogP contribution in [0.2, 0.25) is 0 Å². The van der Waals surface area contributed by atoms with Gasteiger partial charge in [-0.2, -0.15) is 4.98 Å². The molecule has 4 aromatic rings. The largest absolute Gasteiger partial charge is 0.423 e. The van der Waals surface area contributed by atoms with Gasteiger partial charge in [-0.15, -0.1) is 0 Å². The quantitative estimate of drug-likeness (QED) is 0.388. The van der Waals surface area contributed by atoms with Gasteiger partial charge in [0.05, 0.1) is 6.42 Å². The van der Waals surface area contributed by atoms with Crippen molar-refractivity contribution < 1.29 is 14.0 Å². The predicted molar refractivity (Wildman–Crippen MR) is 142 cm³/mol. The van der Waals surface area contributed by atoms with Crippen LogP contribution in [0.5, 0.6) is 0 Å². The van der Waals surface area contributed by atoms with Gasteiger partial charge in [0.15, 0.2) is 5.58 Å². The third-order valence-corrected chi connectivity index (χ3v) is 6.68. The molecule has 2 amide bonds. The van der Waals surface area contributed by atoms with E-state index < -0.39 is 0 Å². The topological polar surface area (TPSA) is 78.7 Å². The maximum absolute atomic E-state index is 12.9. The number of nitrogens with zero attached hydrogens (tertiary/aromatic N) is 3. The first-order chi connectivity index (χ1) is 17.6. The molecule has 1 saturated heterocycles. The van der Waals surface area contributed by atoms with E-state index in [4.69, 9.17) is 4.42 Å². The zero-order valence-corrected chi connectivity index (χ0v) is 20.4. The number of hydrogen-bond donors (Lipinski definition) is 1. The van der Waals surface area contributed by atoms with Crippen LogP contribution in [0.1, 0.15) is 25.3 Å². The number of benzene rings is 3. The lowest BCUT2D eigenvalue weighted by Gasteiger charge is -2.30. The van der Waals surface area contributed by atoms with Crippen molar-refractivity contribution in [1.82, 2.24) is 4.98 Å². The van der Waals surface area contributed by atoms with Gasteiger partial charge in [-0.25, -0.2) is 0 Å². The number of para-hydroxylation sites is 3. The first kappa shape index (κ1) is 23.6. The molecule has 3 aromatic carbocycles. The highest BCUT2D eigenvalue weighted by Gasteiger charge is 2.27. The monoisotopic (exact) mass is 482 g/mol. The first-order valence-electron chi connectivity index (χ1n) is 12.5. The summed E-state index contributed by atoms with van der Waals surface area (Å²) in [5, 5.41) is 3.04. The SMILES string of the molecule is CCN(C(=O)Cc1ccc(NC(=O)C2CCN(c3nc4ccccc4o3)CC2)cc1)c1ccccc1. The van der Waals surface area contributed by atoms with Gasteiger partial charge < -0.3 is 19.5 Å². The van der Waals surface area contributed by atoms with E-state index in [1.54, 1.807) is 4.90 Å².